The summed E-state index contributed by atoms with van der Waals surface area (Å²) in [5, 5.41) is 8.31. The summed E-state index contributed by atoms with van der Waals surface area (Å²) < 4.78 is 1.94. The molecule has 1 aromatic rings. The Morgan fingerprint density at radius 3 is 2.21 bits per heavy atom. The van der Waals surface area contributed by atoms with Gasteiger partial charge < -0.3 is 5.32 Å². The van der Waals surface area contributed by atoms with Crippen LogP contribution >= 0.6 is 0 Å². The van der Waals surface area contributed by atoms with Crippen LogP contribution in [0.1, 0.15) is 50.3 Å². The van der Waals surface area contributed by atoms with Crippen molar-refractivity contribution in [3.05, 3.63) is 18.0 Å². The minimum atomic E-state index is 0.460. The third-order valence-corrected chi connectivity index (χ3v) is 6.02. The monoisotopic (exact) mass is 259 g/mol. The maximum absolute atomic E-state index is 4.69. The summed E-state index contributed by atoms with van der Waals surface area (Å²) in [6.07, 6.45) is 10.9. The smallest absolute Gasteiger partial charge is 0.0799 e. The van der Waals surface area contributed by atoms with Gasteiger partial charge in [0.15, 0.2) is 0 Å². The number of aryl methyl sites for hydroxylation is 1. The summed E-state index contributed by atoms with van der Waals surface area (Å²) in [5.41, 5.74) is 1.75. The van der Waals surface area contributed by atoms with Crippen LogP contribution in [0.3, 0.4) is 0 Å². The van der Waals surface area contributed by atoms with Crippen LogP contribution in [0, 0.1) is 23.2 Å². The molecular weight excluding hydrogens is 234 g/mol. The first-order valence-corrected chi connectivity index (χ1v) is 7.85. The fourth-order valence-corrected chi connectivity index (χ4v) is 5.89. The van der Waals surface area contributed by atoms with Crippen LogP contribution < -0.4 is 5.32 Å². The lowest BCUT2D eigenvalue weighted by atomic mass is 9.47. The van der Waals surface area contributed by atoms with E-state index in [0.29, 0.717) is 11.5 Å². The molecule has 1 heterocycles. The Labute approximate surface area is 115 Å². The minimum Gasteiger partial charge on any atom is -0.311 e. The predicted molar refractivity (Wildman–Crippen MR) is 75.6 cm³/mol. The lowest BCUT2D eigenvalue weighted by Gasteiger charge is -2.59. The average Bonchev–Trinajstić information content (AvgIpc) is 2.74. The van der Waals surface area contributed by atoms with E-state index in [1.807, 2.05) is 11.7 Å². The van der Waals surface area contributed by atoms with Gasteiger partial charge in [0, 0.05) is 13.2 Å². The van der Waals surface area contributed by atoms with Gasteiger partial charge in [-0.15, -0.1) is 0 Å². The minimum absolute atomic E-state index is 0.460. The molecule has 5 rings (SSSR count). The van der Waals surface area contributed by atoms with Gasteiger partial charge in [0.05, 0.1) is 11.7 Å². The first-order valence-electron chi connectivity index (χ1n) is 7.85. The topological polar surface area (TPSA) is 29.9 Å². The van der Waals surface area contributed by atoms with Crippen LogP contribution in [-0.4, -0.2) is 16.8 Å². The molecule has 0 aromatic carbocycles. The van der Waals surface area contributed by atoms with Crippen LogP contribution in [0.15, 0.2) is 12.3 Å². The van der Waals surface area contributed by atoms with Gasteiger partial charge in [-0.2, -0.15) is 5.10 Å². The Hall–Kier alpha value is -0.830. The van der Waals surface area contributed by atoms with E-state index in [0.717, 1.165) is 17.8 Å². The van der Waals surface area contributed by atoms with Gasteiger partial charge in [0.1, 0.15) is 0 Å². The highest BCUT2D eigenvalue weighted by molar-refractivity contribution is 5.15. The Bertz CT molecular complexity index is 441. The van der Waals surface area contributed by atoms with E-state index < -0.39 is 0 Å². The maximum Gasteiger partial charge on any atom is 0.0799 e. The Morgan fingerprint density at radius 1 is 1.21 bits per heavy atom. The lowest BCUT2D eigenvalue weighted by Crippen LogP contribution is -2.51. The average molecular weight is 259 g/mol. The summed E-state index contributed by atoms with van der Waals surface area (Å²) in [7, 11) is 4.15. The second kappa shape index (κ2) is 4.08. The highest BCUT2D eigenvalue weighted by Crippen LogP contribution is 2.63. The Balaban J connectivity index is 1.69. The van der Waals surface area contributed by atoms with E-state index in [4.69, 9.17) is 5.10 Å². The number of hydrogen-bond acceptors (Lipinski definition) is 2. The molecule has 0 amide bonds. The molecule has 0 spiro atoms. The zero-order valence-corrected chi connectivity index (χ0v) is 12.1. The van der Waals surface area contributed by atoms with Gasteiger partial charge in [-0.3, -0.25) is 4.68 Å². The van der Waals surface area contributed by atoms with Gasteiger partial charge in [0.2, 0.25) is 0 Å². The van der Waals surface area contributed by atoms with Crippen molar-refractivity contribution in [2.75, 3.05) is 7.05 Å². The second-order valence-corrected chi connectivity index (χ2v) is 7.42. The van der Waals surface area contributed by atoms with Gasteiger partial charge in [-0.1, -0.05) is 0 Å². The number of nitrogens with one attached hydrogen (secondary N) is 1. The molecule has 1 N–H and O–H groups in total. The summed E-state index contributed by atoms with van der Waals surface area (Å²) in [5.74, 6) is 3.02. The van der Waals surface area contributed by atoms with E-state index >= 15 is 0 Å². The molecule has 19 heavy (non-hydrogen) atoms. The van der Waals surface area contributed by atoms with Crippen molar-refractivity contribution in [2.45, 2.75) is 44.6 Å². The van der Waals surface area contributed by atoms with Crippen molar-refractivity contribution in [3.8, 4) is 0 Å². The number of aromatic nitrogens is 2. The molecule has 4 bridgehead atoms. The zero-order valence-electron chi connectivity index (χ0n) is 12.1. The van der Waals surface area contributed by atoms with Gasteiger partial charge in [-0.05, 0) is 74.8 Å². The van der Waals surface area contributed by atoms with Crippen LogP contribution in [0.4, 0.5) is 0 Å². The van der Waals surface area contributed by atoms with Crippen LogP contribution in [-0.2, 0) is 7.05 Å². The molecule has 4 aliphatic rings. The van der Waals surface area contributed by atoms with Crippen LogP contribution in [0.25, 0.3) is 0 Å². The molecule has 4 fully saturated rings. The second-order valence-electron chi connectivity index (χ2n) is 7.42. The molecule has 0 radical (unpaired) electrons. The SMILES string of the molecule is CNC(c1ccn(C)n1)C12CC3CC(CC(C3)C1)C2. The normalized spacial score (nSPS) is 41.7. The van der Waals surface area contributed by atoms with Crippen molar-refractivity contribution in [2.24, 2.45) is 30.2 Å². The summed E-state index contributed by atoms with van der Waals surface area (Å²) in [6, 6.07) is 2.67. The highest BCUT2D eigenvalue weighted by Gasteiger charge is 2.54. The zero-order chi connectivity index (χ0) is 13.0. The van der Waals surface area contributed by atoms with E-state index in [2.05, 4.69) is 24.6 Å². The predicted octanol–water partition coefficient (Wildman–Crippen LogP) is 2.90. The Morgan fingerprint density at radius 2 is 1.79 bits per heavy atom. The van der Waals surface area contributed by atoms with Crippen molar-refractivity contribution < 1.29 is 0 Å². The molecule has 104 valence electrons. The fraction of sp³-hybridized carbons (Fsp3) is 0.812. The maximum atomic E-state index is 4.69. The number of nitrogens with zero attached hydrogens (tertiary/aromatic N) is 2. The fourth-order valence-electron chi connectivity index (χ4n) is 5.89. The number of hydrogen-bond donors (Lipinski definition) is 1. The molecular formula is C16H25N3. The third-order valence-electron chi connectivity index (χ3n) is 6.02. The van der Waals surface area contributed by atoms with Crippen LogP contribution in [0.2, 0.25) is 0 Å². The largest absolute Gasteiger partial charge is 0.311 e. The standard InChI is InChI=1S/C16H25N3/c1-17-15(14-3-4-19(2)18-14)16-8-11-5-12(9-16)7-13(6-11)10-16/h3-4,11-13,15,17H,5-10H2,1-2H3. The van der Waals surface area contributed by atoms with Gasteiger partial charge >= 0.3 is 0 Å². The lowest BCUT2D eigenvalue weighted by molar-refractivity contribution is -0.0744. The summed E-state index contributed by atoms with van der Waals surface area (Å²) >= 11 is 0. The Kier molecular flexibility index (Phi) is 2.57. The van der Waals surface area contributed by atoms with E-state index in [-0.39, 0.29) is 0 Å². The van der Waals surface area contributed by atoms with E-state index in [1.165, 1.54) is 44.2 Å². The van der Waals surface area contributed by atoms with Crippen molar-refractivity contribution in [1.82, 2.24) is 15.1 Å². The van der Waals surface area contributed by atoms with E-state index in [1.54, 1.807) is 0 Å². The molecule has 4 aliphatic carbocycles. The first kappa shape index (κ1) is 12.0. The molecule has 3 heteroatoms. The first-order chi connectivity index (χ1) is 9.18. The highest BCUT2D eigenvalue weighted by atomic mass is 15.3. The molecule has 0 saturated heterocycles. The van der Waals surface area contributed by atoms with Crippen LogP contribution in [0.5, 0.6) is 0 Å². The summed E-state index contributed by atoms with van der Waals surface area (Å²) in [4.78, 5) is 0. The van der Waals surface area contributed by atoms with Crippen molar-refractivity contribution >= 4 is 0 Å². The van der Waals surface area contributed by atoms with Gasteiger partial charge in [0.25, 0.3) is 0 Å². The van der Waals surface area contributed by atoms with E-state index in [9.17, 15) is 0 Å². The molecule has 4 saturated carbocycles. The molecule has 0 aliphatic heterocycles. The molecule has 1 unspecified atom stereocenters. The molecule has 1 atom stereocenters. The summed E-state index contributed by atoms with van der Waals surface area (Å²) in [6.45, 7) is 0. The van der Waals surface area contributed by atoms with Gasteiger partial charge in [-0.25, -0.2) is 0 Å². The molecule has 3 nitrogen and oxygen atoms in total. The van der Waals surface area contributed by atoms with Crippen molar-refractivity contribution in [1.29, 1.82) is 0 Å². The molecule has 1 aromatic heterocycles. The quantitative estimate of drug-likeness (QED) is 0.904. The van der Waals surface area contributed by atoms with Crippen molar-refractivity contribution in [3.63, 3.8) is 0 Å². The number of rotatable bonds is 3. The third kappa shape index (κ3) is 1.78.